The zero-order chi connectivity index (χ0) is 24.1. The van der Waals surface area contributed by atoms with Gasteiger partial charge in [0, 0.05) is 23.1 Å². The van der Waals surface area contributed by atoms with Gasteiger partial charge < -0.3 is 10.1 Å². The number of nitrogens with one attached hydrogen (secondary N) is 1. The van der Waals surface area contributed by atoms with E-state index in [1.54, 1.807) is 13.2 Å². The number of nitrogens with zero attached hydrogens (tertiary/aromatic N) is 4. The smallest absolute Gasteiger partial charge is 0.236 e. The number of hydrogen-bond donors (Lipinski definition) is 1. The second-order valence-corrected chi connectivity index (χ2v) is 9.41. The fraction of sp³-hybridized carbons (Fsp3) is 0.200. The van der Waals surface area contributed by atoms with Gasteiger partial charge in [0.1, 0.15) is 5.75 Å². The van der Waals surface area contributed by atoms with E-state index in [1.807, 2.05) is 40.3 Å². The summed E-state index contributed by atoms with van der Waals surface area (Å²) in [6.07, 6.45) is 1.78. The first-order valence-corrected chi connectivity index (χ1v) is 12.5. The van der Waals surface area contributed by atoms with E-state index in [0.717, 1.165) is 22.6 Å². The molecule has 0 aliphatic rings. The summed E-state index contributed by atoms with van der Waals surface area (Å²) in [4.78, 5) is 17.2. The van der Waals surface area contributed by atoms with Crippen LogP contribution in [0, 0.1) is 13.8 Å². The largest absolute Gasteiger partial charge is 0.497 e. The Hall–Kier alpha value is -3.43. The van der Waals surface area contributed by atoms with Crippen LogP contribution in [0.3, 0.4) is 0 Å². The minimum absolute atomic E-state index is 0.151. The first-order valence-electron chi connectivity index (χ1n) is 10.6. The number of carbonyl (C=O) groups is 1. The van der Waals surface area contributed by atoms with E-state index in [2.05, 4.69) is 53.1 Å². The number of hydrogen-bond acceptors (Lipinski definition) is 7. The summed E-state index contributed by atoms with van der Waals surface area (Å²) >= 11 is 2.73. The zero-order valence-electron chi connectivity index (χ0n) is 19.2. The summed E-state index contributed by atoms with van der Waals surface area (Å²) in [5, 5.41) is 14.7. The Labute approximate surface area is 206 Å². The average molecular weight is 492 g/mol. The summed E-state index contributed by atoms with van der Waals surface area (Å²) in [5.74, 6) is 1.47. The maximum Gasteiger partial charge on any atom is 0.236 e. The lowest BCUT2D eigenvalue weighted by molar-refractivity contribution is -0.113. The van der Waals surface area contributed by atoms with Gasteiger partial charge in [-0.15, -0.1) is 28.1 Å². The van der Waals surface area contributed by atoms with Crippen molar-refractivity contribution < 1.29 is 9.53 Å². The van der Waals surface area contributed by atoms with Crippen LogP contribution in [0.4, 0.5) is 5.13 Å². The number of benzene rings is 2. The molecule has 0 saturated heterocycles. The summed E-state index contributed by atoms with van der Waals surface area (Å²) in [6, 6.07) is 13.9. The minimum Gasteiger partial charge on any atom is -0.497 e. The normalized spacial score (nSPS) is 10.8. The van der Waals surface area contributed by atoms with Gasteiger partial charge in [0.2, 0.25) is 5.91 Å². The molecule has 0 spiro atoms. The first-order chi connectivity index (χ1) is 16.5. The number of thiazole rings is 1. The molecule has 2 heterocycles. The molecule has 0 unspecified atom stereocenters. The first kappa shape index (κ1) is 23.7. The number of aromatic nitrogens is 4. The lowest BCUT2D eigenvalue weighted by Crippen LogP contribution is -2.14. The average Bonchev–Trinajstić information content (AvgIpc) is 3.47. The highest BCUT2D eigenvalue weighted by molar-refractivity contribution is 7.99. The van der Waals surface area contributed by atoms with E-state index >= 15 is 0 Å². The number of ether oxygens (including phenoxy) is 1. The number of amides is 1. The molecule has 0 aliphatic heterocycles. The van der Waals surface area contributed by atoms with Crippen LogP contribution >= 0.6 is 23.1 Å². The standard InChI is InChI=1S/C25H25N5O2S2/c1-5-11-30-23(19-7-6-8-20(13-19)32-4)28-29-25(30)34-15-22(31)27-24-26-21(14-33-24)18-10-9-16(2)17(3)12-18/h5-10,12-14H,1,11,15H2,2-4H3,(H,26,27,31). The van der Waals surface area contributed by atoms with Crippen molar-refractivity contribution in [3.05, 3.63) is 71.6 Å². The molecule has 7 nitrogen and oxygen atoms in total. The molecule has 0 fully saturated rings. The van der Waals surface area contributed by atoms with Crippen LogP contribution in [0.1, 0.15) is 11.1 Å². The number of anilines is 1. The Bertz CT molecular complexity index is 1330. The number of carbonyl (C=O) groups excluding carboxylic acids is 1. The molecule has 4 rings (SSSR count). The molecule has 1 N–H and O–H groups in total. The van der Waals surface area contributed by atoms with Crippen LogP contribution < -0.4 is 10.1 Å². The predicted octanol–water partition coefficient (Wildman–Crippen LogP) is 5.61. The SMILES string of the molecule is C=CCn1c(SCC(=O)Nc2nc(-c3ccc(C)c(C)c3)cs2)nnc1-c1cccc(OC)c1. The van der Waals surface area contributed by atoms with E-state index in [1.165, 1.54) is 34.2 Å². The fourth-order valence-electron chi connectivity index (χ4n) is 3.31. The Balaban J connectivity index is 1.43. The van der Waals surface area contributed by atoms with Crippen molar-refractivity contribution in [1.29, 1.82) is 0 Å². The molecular formula is C25H25N5O2S2. The van der Waals surface area contributed by atoms with Crippen molar-refractivity contribution in [3.63, 3.8) is 0 Å². The second kappa shape index (κ2) is 10.7. The highest BCUT2D eigenvalue weighted by Gasteiger charge is 2.16. The molecule has 34 heavy (non-hydrogen) atoms. The Morgan fingerprint density at radius 3 is 2.79 bits per heavy atom. The zero-order valence-corrected chi connectivity index (χ0v) is 20.9. The molecular weight excluding hydrogens is 466 g/mol. The maximum atomic E-state index is 12.6. The molecule has 0 bridgehead atoms. The maximum absolute atomic E-state index is 12.6. The Morgan fingerprint density at radius 2 is 2.03 bits per heavy atom. The predicted molar refractivity (Wildman–Crippen MR) is 139 cm³/mol. The molecule has 0 aliphatic carbocycles. The van der Waals surface area contributed by atoms with E-state index in [-0.39, 0.29) is 11.7 Å². The van der Waals surface area contributed by atoms with Gasteiger partial charge in [-0.25, -0.2) is 4.98 Å². The van der Waals surface area contributed by atoms with Crippen molar-refractivity contribution in [2.75, 3.05) is 18.2 Å². The summed E-state index contributed by atoms with van der Waals surface area (Å²) in [7, 11) is 1.63. The van der Waals surface area contributed by atoms with Gasteiger partial charge >= 0.3 is 0 Å². The van der Waals surface area contributed by atoms with Crippen LogP contribution in [-0.4, -0.2) is 38.5 Å². The quantitative estimate of drug-likeness (QED) is 0.242. The topological polar surface area (TPSA) is 81.9 Å². The second-order valence-electron chi connectivity index (χ2n) is 7.61. The third kappa shape index (κ3) is 5.37. The number of rotatable bonds is 9. The van der Waals surface area contributed by atoms with E-state index in [4.69, 9.17) is 4.74 Å². The van der Waals surface area contributed by atoms with Crippen LogP contribution in [0.2, 0.25) is 0 Å². The van der Waals surface area contributed by atoms with Gasteiger partial charge in [0.05, 0.1) is 18.6 Å². The summed E-state index contributed by atoms with van der Waals surface area (Å²) in [6.45, 7) is 8.52. The van der Waals surface area contributed by atoms with Gasteiger partial charge in [0.15, 0.2) is 16.1 Å². The van der Waals surface area contributed by atoms with Crippen molar-refractivity contribution in [2.45, 2.75) is 25.5 Å². The molecule has 1 amide bonds. The van der Waals surface area contributed by atoms with E-state index < -0.39 is 0 Å². The van der Waals surface area contributed by atoms with Crippen LogP contribution in [0.15, 0.2) is 65.7 Å². The highest BCUT2D eigenvalue weighted by Crippen LogP contribution is 2.28. The van der Waals surface area contributed by atoms with Gasteiger partial charge in [-0.2, -0.15) is 0 Å². The summed E-state index contributed by atoms with van der Waals surface area (Å²) in [5.41, 5.74) is 5.22. The fourth-order valence-corrected chi connectivity index (χ4v) is 4.80. The molecule has 0 radical (unpaired) electrons. The number of methoxy groups -OCH3 is 1. The van der Waals surface area contributed by atoms with Gasteiger partial charge in [0.25, 0.3) is 0 Å². The summed E-state index contributed by atoms with van der Waals surface area (Å²) < 4.78 is 7.25. The van der Waals surface area contributed by atoms with Crippen LogP contribution in [0.25, 0.3) is 22.6 Å². The molecule has 0 atom stereocenters. The third-order valence-corrected chi connectivity index (χ3v) is 6.97. The van der Waals surface area contributed by atoms with Crippen molar-refractivity contribution >= 4 is 34.1 Å². The van der Waals surface area contributed by atoms with Crippen LogP contribution in [0.5, 0.6) is 5.75 Å². The third-order valence-electron chi connectivity index (χ3n) is 5.24. The molecule has 0 saturated carbocycles. The van der Waals surface area contributed by atoms with Crippen molar-refractivity contribution in [1.82, 2.24) is 19.7 Å². The number of thioether (sulfide) groups is 1. The van der Waals surface area contributed by atoms with Crippen LogP contribution in [-0.2, 0) is 11.3 Å². The van der Waals surface area contributed by atoms with Gasteiger partial charge in [-0.05, 0) is 43.2 Å². The van der Waals surface area contributed by atoms with Crippen molar-refractivity contribution in [2.24, 2.45) is 0 Å². The van der Waals surface area contributed by atoms with E-state index in [0.29, 0.717) is 22.7 Å². The minimum atomic E-state index is -0.151. The number of aryl methyl sites for hydroxylation is 2. The Kier molecular flexibility index (Phi) is 7.44. The monoisotopic (exact) mass is 491 g/mol. The molecule has 2 aromatic carbocycles. The number of allylic oxidation sites excluding steroid dienone is 1. The molecule has 174 valence electrons. The van der Waals surface area contributed by atoms with Gasteiger partial charge in [-0.3, -0.25) is 9.36 Å². The van der Waals surface area contributed by atoms with Crippen molar-refractivity contribution in [3.8, 4) is 28.4 Å². The highest BCUT2D eigenvalue weighted by atomic mass is 32.2. The lowest BCUT2D eigenvalue weighted by Gasteiger charge is -2.08. The molecule has 4 aromatic rings. The van der Waals surface area contributed by atoms with Gasteiger partial charge in [-0.1, -0.05) is 42.1 Å². The molecule has 2 aromatic heterocycles. The lowest BCUT2D eigenvalue weighted by atomic mass is 10.1. The van der Waals surface area contributed by atoms with E-state index in [9.17, 15) is 4.79 Å². The molecule has 9 heteroatoms. The Morgan fingerprint density at radius 1 is 1.18 bits per heavy atom.